The Morgan fingerprint density at radius 1 is 0.700 bits per heavy atom. The van der Waals surface area contributed by atoms with Crippen molar-refractivity contribution in [2.45, 2.75) is 6.61 Å². The van der Waals surface area contributed by atoms with Gasteiger partial charge in [0, 0.05) is 0 Å². The molecule has 0 unspecified atom stereocenters. The lowest BCUT2D eigenvalue weighted by molar-refractivity contribution is 0.282. The molecule has 3 aromatic rings. The molecule has 0 saturated heterocycles. The van der Waals surface area contributed by atoms with Gasteiger partial charge in [0.25, 0.3) is 0 Å². The highest BCUT2D eigenvalue weighted by Crippen LogP contribution is 2.17. The van der Waals surface area contributed by atoms with E-state index in [-0.39, 0.29) is 6.61 Å². The van der Waals surface area contributed by atoms with Crippen LogP contribution in [-0.4, -0.2) is 5.11 Å². The minimum atomic E-state index is 0.0919. The summed E-state index contributed by atoms with van der Waals surface area (Å²) in [5, 5.41) is 11.5. The zero-order valence-electron chi connectivity index (χ0n) is 11.2. The van der Waals surface area contributed by atoms with E-state index in [2.05, 4.69) is 54.6 Å². The first-order chi connectivity index (χ1) is 9.85. The lowest BCUT2D eigenvalue weighted by atomic mass is 10.1. The monoisotopic (exact) mass is 260 g/mol. The molecule has 0 aliphatic heterocycles. The van der Waals surface area contributed by atoms with Crippen LogP contribution in [0.3, 0.4) is 0 Å². The van der Waals surface area contributed by atoms with Crippen LogP contribution < -0.4 is 0 Å². The maximum Gasteiger partial charge on any atom is 0.0681 e. The molecule has 0 aliphatic carbocycles. The van der Waals surface area contributed by atoms with Crippen molar-refractivity contribution < 1.29 is 5.11 Å². The van der Waals surface area contributed by atoms with Crippen molar-refractivity contribution >= 4 is 22.9 Å². The lowest BCUT2D eigenvalue weighted by Gasteiger charge is -2.00. The average Bonchev–Trinajstić information content (AvgIpc) is 2.53. The van der Waals surface area contributed by atoms with Crippen molar-refractivity contribution in [1.29, 1.82) is 0 Å². The van der Waals surface area contributed by atoms with Gasteiger partial charge in [0.2, 0.25) is 0 Å². The summed E-state index contributed by atoms with van der Waals surface area (Å²) in [5.41, 5.74) is 3.26. The Morgan fingerprint density at radius 3 is 2.10 bits per heavy atom. The van der Waals surface area contributed by atoms with E-state index in [4.69, 9.17) is 5.11 Å². The molecule has 1 nitrogen and oxygen atoms in total. The van der Waals surface area contributed by atoms with Gasteiger partial charge in [-0.15, -0.1) is 0 Å². The molecular formula is C19H16O. The van der Waals surface area contributed by atoms with Crippen LogP contribution >= 0.6 is 0 Å². The van der Waals surface area contributed by atoms with Crippen molar-refractivity contribution in [3.8, 4) is 0 Å². The maximum atomic E-state index is 9.02. The van der Waals surface area contributed by atoms with Gasteiger partial charge >= 0.3 is 0 Å². The number of rotatable bonds is 3. The van der Waals surface area contributed by atoms with Crippen molar-refractivity contribution in [2.75, 3.05) is 0 Å². The molecule has 0 saturated carbocycles. The molecular weight excluding hydrogens is 244 g/mol. The van der Waals surface area contributed by atoms with Crippen LogP contribution in [0.15, 0.2) is 66.7 Å². The maximum absolute atomic E-state index is 9.02. The third-order valence-electron chi connectivity index (χ3n) is 3.40. The standard InChI is InChI=1S/C19H16O/c20-14-17-9-6-15(7-10-17)5-8-16-11-12-18-3-1-2-4-19(18)13-16/h1-13,20H,14H2. The van der Waals surface area contributed by atoms with Crippen LogP contribution in [0.2, 0.25) is 0 Å². The molecule has 98 valence electrons. The van der Waals surface area contributed by atoms with Gasteiger partial charge in [-0.05, 0) is 33.5 Å². The molecule has 0 radical (unpaired) electrons. The molecule has 20 heavy (non-hydrogen) atoms. The predicted octanol–water partition coefficient (Wildman–Crippen LogP) is 4.50. The number of hydrogen-bond acceptors (Lipinski definition) is 1. The van der Waals surface area contributed by atoms with Gasteiger partial charge in [0.05, 0.1) is 6.61 Å². The zero-order valence-corrected chi connectivity index (χ0v) is 11.2. The smallest absolute Gasteiger partial charge is 0.0681 e. The zero-order chi connectivity index (χ0) is 13.8. The summed E-state index contributed by atoms with van der Waals surface area (Å²) in [4.78, 5) is 0. The number of hydrogen-bond donors (Lipinski definition) is 1. The number of aliphatic hydroxyl groups is 1. The van der Waals surface area contributed by atoms with E-state index in [1.54, 1.807) is 0 Å². The summed E-state index contributed by atoms with van der Waals surface area (Å²) in [6.07, 6.45) is 4.20. The Labute approximate surface area is 118 Å². The van der Waals surface area contributed by atoms with Crippen molar-refractivity contribution in [3.05, 3.63) is 83.4 Å². The molecule has 0 amide bonds. The second-order valence-corrected chi connectivity index (χ2v) is 4.84. The fourth-order valence-electron chi connectivity index (χ4n) is 2.24. The van der Waals surface area contributed by atoms with Gasteiger partial charge in [-0.3, -0.25) is 0 Å². The fourth-order valence-corrected chi connectivity index (χ4v) is 2.24. The van der Waals surface area contributed by atoms with Crippen LogP contribution in [0.1, 0.15) is 16.7 Å². The summed E-state index contributed by atoms with van der Waals surface area (Å²) in [6.45, 7) is 0.0919. The summed E-state index contributed by atoms with van der Waals surface area (Å²) < 4.78 is 0. The van der Waals surface area contributed by atoms with Gasteiger partial charge in [-0.25, -0.2) is 0 Å². The molecule has 0 aromatic heterocycles. The summed E-state index contributed by atoms with van der Waals surface area (Å²) in [5.74, 6) is 0. The Morgan fingerprint density at radius 2 is 1.35 bits per heavy atom. The minimum absolute atomic E-state index is 0.0919. The molecule has 0 fully saturated rings. The van der Waals surface area contributed by atoms with E-state index >= 15 is 0 Å². The highest BCUT2D eigenvalue weighted by molar-refractivity contribution is 5.85. The van der Waals surface area contributed by atoms with E-state index in [9.17, 15) is 0 Å². The molecule has 0 heterocycles. The third-order valence-corrected chi connectivity index (χ3v) is 3.40. The molecule has 0 aliphatic rings. The molecule has 1 N–H and O–H groups in total. The first kappa shape index (κ1) is 12.6. The van der Waals surface area contributed by atoms with Gasteiger partial charge in [0.15, 0.2) is 0 Å². The number of aliphatic hydroxyl groups excluding tert-OH is 1. The van der Waals surface area contributed by atoms with Gasteiger partial charge in [-0.2, -0.15) is 0 Å². The van der Waals surface area contributed by atoms with Gasteiger partial charge in [0.1, 0.15) is 0 Å². The topological polar surface area (TPSA) is 20.2 Å². The Bertz CT molecular complexity index is 739. The first-order valence-electron chi connectivity index (χ1n) is 6.72. The highest BCUT2D eigenvalue weighted by Gasteiger charge is 1.94. The highest BCUT2D eigenvalue weighted by atomic mass is 16.3. The van der Waals surface area contributed by atoms with Crippen LogP contribution in [0.4, 0.5) is 0 Å². The molecule has 0 bridgehead atoms. The second kappa shape index (κ2) is 5.72. The summed E-state index contributed by atoms with van der Waals surface area (Å²) >= 11 is 0. The van der Waals surface area contributed by atoms with Crippen molar-refractivity contribution in [3.63, 3.8) is 0 Å². The van der Waals surface area contributed by atoms with Crippen LogP contribution in [0.5, 0.6) is 0 Å². The molecule has 0 atom stereocenters. The normalized spacial score (nSPS) is 11.2. The van der Waals surface area contributed by atoms with E-state index < -0.39 is 0 Å². The number of benzene rings is 3. The Balaban J connectivity index is 1.85. The van der Waals surface area contributed by atoms with E-state index in [1.165, 1.54) is 16.3 Å². The van der Waals surface area contributed by atoms with Crippen LogP contribution in [0.25, 0.3) is 22.9 Å². The quantitative estimate of drug-likeness (QED) is 0.687. The molecule has 3 aromatic carbocycles. The Kier molecular flexibility index (Phi) is 3.62. The molecule has 0 spiro atoms. The molecule has 3 rings (SSSR count). The van der Waals surface area contributed by atoms with E-state index in [0.717, 1.165) is 11.1 Å². The van der Waals surface area contributed by atoms with E-state index in [0.29, 0.717) is 0 Å². The first-order valence-corrected chi connectivity index (χ1v) is 6.72. The third kappa shape index (κ3) is 2.79. The predicted molar refractivity (Wildman–Crippen MR) is 85.2 cm³/mol. The van der Waals surface area contributed by atoms with Crippen molar-refractivity contribution in [1.82, 2.24) is 0 Å². The fraction of sp³-hybridized carbons (Fsp3) is 0.0526. The van der Waals surface area contributed by atoms with E-state index in [1.807, 2.05) is 24.3 Å². The second-order valence-electron chi connectivity index (χ2n) is 4.84. The number of fused-ring (bicyclic) bond motifs is 1. The largest absolute Gasteiger partial charge is 0.392 e. The molecule has 1 heteroatoms. The van der Waals surface area contributed by atoms with Crippen LogP contribution in [-0.2, 0) is 6.61 Å². The Hall–Kier alpha value is -2.38. The van der Waals surface area contributed by atoms with Crippen LogP contribution in [0, 0.1) is 0 Å². The van der Waals surface area contributed by atoms with Gasteiger partial charge in [-0.1, -0.05) is 72.8 Å². The lowest BCUT2D eigenvalue weighted by Crippen LogP contribution is -1.81. The summed E-state index contributed by atoms with van der Waals surface area (Å²) in [7, 11) is 0. The van der Waals surface area contributed by atoms with Crippen molar-refractivity contribution in [2.24, 2.45) is 0 Å². The SMILES string of the molecule is OCc1ccc(C=Cc2ccc3ccccc3c2)cc1. The average molecular weight is 260 g/mol. The van der Waals surface area contributed by atoms with Gasteiger partial charge < -0.3 is 5.11 Å². The minimum Gasteiger partial charge on any atom is -0.392 e. The summed E-state index contributed by atoms with van der Waals surface area (Å²) in [6, 6.07) is 22.7.